The van der Waals surface area contributed by atoms with E-state index in [2.05, 4.69) is 58.7 Å². The van der Waals surface area contributed by atoms with E-state index in [9.17, 15) is 0 Å². The number of ether oxygens (including phenoxy) is 1. The predicted molar refractivity (Wildman–Crippen MR) is 110 cm³/mol. The van der Waals surface area contributed by atoms with Crippen molar-refractivity contribution < 1.29 is 4.74 Å². The fraction of sp³-hybridized carbons (Fsp3) is 0.455. The van der Waals surface area contributed by atoms with Crippen LogP contribution in [0, 0.1) is 5.41 Å². The number of hydrogen-bond acceptors (Lipinski definition) is 3. The molecule has 2 fully saturated rings. The van der Waals surface area contributed by atoms with E-state index in [4.69, 9.17) is 4.74 Å². The quantitative estimate of drug-likeness (QED) is 0.862. The molecule has 0 saturated carbocycles. The van der Waals surface area contributed by atoms with Crippen LogP contribution in [0.5, 0.6) is 5.75 Å². The van der Waals surface area contributed by atoms with Crippen LogP contribution in [0.2, 0.25) is 0 Å². The second-order valence-electron chi connectivity index (χ2n) is 7.60. The first kappa shape index (κ1) is 19.2. The van der Waals surface area contributed by atoms with Gasteiger partial charge >= 0.3 is 0 Å². The number of hydrogen-bond donors (Lipinski definition) is 1. The van der Waals surface area contributed by atoms with Crippen molar-refractivity contribution in [3.8, 4) is 16.9 Å². The molecule has 0 unspecified atom stereocenters. The molecular weight excluding hydrogens is 344 g/mol. The second kappa shape index (κ2) is 8.43. The second-order valence-corrected chi connectivity index (χ2v) is 7.60. The highest BCUT2D eigenvalue weighted by Gasteiger charge is 2.38. The molecule has 2 saturated heterocycles. The Kier molecular flexibility index (Phi) is 6.23. The highest BCUT2D eigenvalue weighted by atomic mass is 35.5. The average molecular weight is 373 g/mol. The van der Waals surface area contributed by atoms with Gasteiger partial charge in [0.25, 0.3) is 0 Å². The number of likely N-dealkylation sites (tertiary alicyclic amines) is 1. The maximum absolute atomic E-state index is 5.65. The lowest BCUT2D eigenvalue weighted by molar-refractivity contribution is 0.193. The minimum absolute atomic E-state index is 0. The summed E-state index contributed by atoms with van der Waals surface area (Å²) in [6.45, 7) is 5.78. The van der Waals surface area contributed by atoms with Gasteiger partial charge in [0.1, 0.15) is 5.75 Å². The largest absolute Gasteiger partial charge is 0.496 e. The van der Waals surface area contributed by atoms with Gasteiger partial charge in [0.2, 0.25) is 0 Å². The summed E-state index contributed by atoms with van der Waals surface area (Å²) in [5.41, 5.74) is 4.39. The molecule has 4 rings (SSSR count). The molecule has 2 heterocycles. The van der Waals surface area contributed by atoms with Gasteiger partial charge in [0.05, 0.1) is 7.11 Å². The molecule has 0 aliphatic carbocycles. The van der Waals surface area contributed by atoms with Crippen LogP contribution in [0.15, 0.2) is 48.5 Å². The smallest absolute Gasteiger partial charge is 0.123 e. The van der Waals surface area contributed by atoms with Gasteiger partial charge in [-0.1, -0.05) is 36.4 Å². The summed E-state index contributed by atoms with van der Waals surface area (Å²) in [6.07, 6.45) is 3.99. The van der Waals surface area contributed by atoms with Crippen molar-refractivity contribution in [3.05, 3.63) is 54.1 Å². The molecule has 2 aromatic carbocycles. The standard InChI is InChI=1S/C22H28N2O.ClH/c1-25-21-8-7-19(18-5-3-2-4-6-18)15-20(21)16-24-14-11-22(17-24)9-12-23-13-10-22;/h2-8,15,23H,9-14,16-17H2,1H3;1H. The zero-order valence-corrected chi connectivity index (χ0v) is 16.4. The molecule has 0 radical (unpaired) electrons. The highest BCUT2D eigenvalue weighted by Crippen LogP contribution is 2.39. The summed E-state index contributed by atoms with van der Waals surface area (Å²) >= 11 is 0. The van der Waals surface area contributed by atoms with Crippen LogP contribution < -0.4 is 10.1 Å². The Morgan fingerprint density at radius 2 is 1.77 bits per heavy atom. The molecule has 3 nitrogen and oxygen atoms in total. The van der Waals surface area contributed by atoms with Gasteiger partial charge in [-0.2, -0.15) is 0 Å². The first-order valence-corrected chi connectivity index (χ1v) is 9.43. The molecule has 140 valence electrons. The van der Waals surface area contributed by atoms with Crippen molar-refractivity contribution >= 4 is 12.4 Å². The maximum Gasteiger partial charge on any atom is 0.123 e. The number of nitrogens with one attached hydrogen (secondary N) is 1. The molecule has 2 aliphatic heterocycles. The first-order valence-electron chi connectivity index (χ1n) is 9.43. The number of methoxy groups -OCH3 is 1. The normalized spacial score (nSPS) is 19.3. The van der Waals surface area contributed by atoms with Crippen molar-refractivity contribution in [1.29, 1.82) is 0 Å². The van der Waals surface area contributed by atoms with Gasteiger partial charge in [-0.05, 0) is 67.6 Å². The topological polar surface area (TPSA) is 24.5 Å². The summed E-state index contributed by atoms with van der Waals surface area (Å²) in [6, 6.07) is 17.2. The van der Waals surface area contributed by atoms with Crippen LogP contribution in [-0.2, 0) is 6.54 Å². The van der Waals surface area contributed by atoms with Gasteiger partial charge in [0, 0.05) is 18.7 Å². The van der Waals surface area contributed by atoms with Gasteiger partial charge < -0.3 is 10.1 Å². The Morgan fingerprint density at radius 3 is 2.50 bits per heavy atom. The third-order valence-electron chi connectivity index (χ3n) is 5.96. The van der Waals surface area contributed by atoms with Crippen molar-refractivity contribution in [3.63, 3.8) is 0 Å². The van der Waals surface area contributed by atoms with Crippen LogP contribution in [-0.4, -0.2) is 38.2 Å². The van der Waals surface area contributed by atoms with E-state index >= 15 is 0 Å². The Hall–Kier alpha value is -1.55. The zero-order valence-electron chi connectivity index (χ0n) is 15.5. The fourth-order valence-electron chi connectivity index (χ4n) is 4.48. The summed E-state index contributed by atoms with van der Waals surface area (Å²) in [4.78, 5) is 2.62. The van der Waals surface area contributed by atoms with Crippen LogP contribution in [0.25, 0.3) is 11.1 Å². The molecule has 1 spiro atoms. The Bertz CT molecular complexity index is 713. The van der Waals surface area contributed by atoms with E-state index in [1.165, 1.54) is 62.1 Å². The third-order valence-corrected chi connectivity index (χ3v) is 5.96. The number of rotatable bonds is 4. The summed E-state index contributed by atoms with van der Waals surface area (Å²) in [7, 11) is 1.78. The fourth-order valence-corrected chi connectivity index (χ4v) is 4.48. The molecular formula is C22H29ClN2O. The molecule has 2 aromatic rings. The molecule has 2 aliphatic rings. The summed E-state index contributed by atoms with van der Waals surface area (Å²) in [5, 5.41) is 3.51. The molecule has 0 aromatic heterocycles. The SMILES string of the molecule is COc1ccc(-c2ccccc2)cc1CN1CCC2(CCNCC2)C1.Cl. The average Bonchev–Trinajstić information content (AvgIpc) is 3.05. The number of piperidine rings is 1. The number of nitrogens with zero attached hydrogens (tertiary/aromatic N) is 1. The zero-order chi connectivity index (χ0) is 17.1. The third kappa shape index (κ3) is 4.06. The van der Waals surface area contributed by atoms with Crippen LogP contribution in [0.1, 0.15) is 24.8 Å². The first-order chi connectivity index (χ1) is 12.3. The lowest BCUT2D eigenvalue weighted by Crippen LogP contribution is -2.38. The van der Waals surface area contributed by atoms with Crippen molar-refractivity contribution in [2.45, 2.75) is 25.8 Å². The molecule has 4 heteroatoms. The van der Waals surface area contributed by atoms with E-state index in [1.54, 1.807) is 7.11 Å². The monoisotopic (exact) mass is 372 g/mol. The molecule has 0 atom stereocenters. The van der Waals surface area contributed by atoms with E-state index in [-0.39, 0.29) is 12.4 Å². The lowest BCUT2D eigenvalue weighted by atomic mass is 9.78. The van der Waals surface area contributed by atoms with Crippen LogP contribution in [0.3, 0.4) is 0 Å². The molecule has 0 bridgehead atoms. The van der Waals surface area contributed by atoms with Crippen molar-refractivity contribution in [2.75, 3.05) is 33.3 Å². The van der Waals surface area contributed by atoms with E-state index in [0.29, 0.717) is 5.41 Å². The van der Waals surface area contributed by atoms with Gasteiger partial charge in [0.15, 0.2) is 0 Å². The van der Waals surface area contributed by atoms with E-state index in [1.807, 2.05) is 0 Å². The molecule has 0 amide bonds. The lowest BCUT2D eigenvalue weighted by Gasteiger charge is -2.34. The highest BCUT2D eigenvalue weighted by molar-refractivity contribution is 5.85. The van der Waals surface area contributed by atoms with Gasteiger partial charge in [-0.25, -0.2) is 0 Å². The molecule has 1 N–H and O–H groups in total. The Balaban J connectivity index is 0.00000196. The molecule has 26 heavy (non-hydrogen) atoms. The Morgan fingerprint density at radius 1 is 1.00 bits per heavy atom. The summed E-state index contributed by atoms with van der Waals surface area (Å²) in [5.74, 6) is 1.01. The minimum atomic E-state index is 0. The van der Waals surface area contributed by atoms with Crippen LogP contribution in [0.4, 0.5) is 0 Å². The maximum atomic E-state index is 5.65. The number of benzene rings is 2. The minimum Gasteiger partial charge on any atom is -0.496 e. The van der Waals surface area contributed by atoms with Crippen LogP contribution >= 0.6 is 12.4 Å². The number of halogens is 1. The van der Waals surface area contributed by atoms with E-state index < -0.39 is 0 Å². The predicted octanol–water partition coefficient (Wildman–Crippen LogP) is 4.36. The van der Waals surface area contributed by atoms with Gasteiger partial charge in [-0.15, -0.1) is 12.4 Å². The van der Waals surface area contributed by atoms with Crippen molar-refractivity contribution in [1.82, 2.24) is 10.2 Å². The van der Waals surface area contributed by atoms with Gasteiger partial charge in [-0.3, -0.25) is 4.90 Å². The summed E-state index contributed by atoms with van der Waals surface area (Å²) < 4.78 is 5.65. The Labute approximate surface area is 163 Å². The van der Waals surface area contributed by atoms with Crippen molar-refractivity contribution in [2.24, 2.45) is 5.41 Å². The van der Waals surface area contributed by atoms with E-state index in [0.717, 1.165) is 12.3 Å².